The number of hydrogen-bond acceptors (Lipinski definition) is 7. The average molecular weight is 392 g/mol. The highest BCUT2D eigenvalue weighted by atomic mass is 32.1. The van der Waals surface area contributed by atoms with Crippen LogP contribution in [0.2, 0.25) is 0 Å². The van der Waals surface area contributed by atoms with Gasteiger partial charge in [-0.15, -0.1) is 11.3 Å². The van der Waals surface area contributed by atoms with E-state index < -0.39 is 4.92 Å². The molecule has 0 atom stereocenters. The fourth-order valence-corrected chi connectivity index (χ4v) is 3.26. The number of nitro groups is 1. The van der Waals surface area contributed by atoms with E-state index >= 15 is 0 Å². The lowest BCUT2D eigenvalue weighted by molar-refractivity contribution is -0.384. The molecule has 3 aromatic rings. The molecule has 28 heavy (non-hydrogen) atoms. The Balaban J connectivity index is 1.85. The first kappa shape index (κ1) is 19.1. The lowest BCUT2D eigenvalue weighted by Crippen LogP contribution is -1.97. The molecule has 1 aromatic heterocycles. The number of hydrogen-bond donors (Lipinski definition) is 1. The van der Waals surface area contributed by atoms with Gasteiger partial charge in [-0.2, -0.15) is 5.26 Å². The van der Waals surface area contributed by atoms with Crippen LogP contribution in [0.5, 0.6) is 5.75 Å². The molecule has 0 aliphatic rings. The maximum absolute atomic E-state index is 11.0. The average Bonchev–Trinajstić information content (AvgIpc) is 3.20. The molecule has 0 spiro atoms. The van der Waals surface area contributed by atoms with E-state index in [1.54, 1.807) is 23.7 Å². The molecule has 0 radical (unpaired) electrons. The number of aromatic nitrogens is 1. The summed E-state index contributed by atoms with van der Waals surface area (Å²) in [7, 11) is 0. The van der Waals surface area contributed by atoms with Crippen LogP contribution in [0, 0.1) is 21.4 Å². The van der Waals surface area contributed by atoms with Crippen LogP contribution in [0.15, 0.2) is 60.1 Å². The van der Waals surface area contributed by atoms with Gasteiger partial charge in [0.2, 0.25) is 0 Å². The SMILES string of the molecule is CCOc1ccccc1NC=C(C#N)c1nc(-c2cccc([N+](=O)[O-])c2)cs1. The molecule has 1 heterocycles. The van der Waals surface area contributed by atoms with Crippen LogP contribution >= 0.6 is 11.3 Å². The summed E-state index contributed by atoms with van der Waals surface area (Å²) in [6, 6.07) is 15.8. The molecule has 0 fully saturated rings. The Bertz CT molecular complexity index is 1070. The van der Waals surface area contributed by atoms with Gasteiger partial charge in [-0.05, 0) is 19.1 Å². The zero-order chi connectivity index (χ0) is 19.9. The summed E-state index contributed by atoms with van der Waals surface area (Å²) in [5.41, 5.74) is 2.31. The minimum absolute atomic E-state index is 0.00250. The van der Waals surface area contributed by atoms with E-state index in [-0.39, 0.29) is 5.69 Å². The van der Waals surface area contributed by atoms with Crippen molar-refractivity contribution in [3.05, 3.63) is 75.2 Å². The number of nitro benzene ring substituents is 1. The third-order valence-corrected chi connectivity index (χ3v) is 4.64. The van der Waals surface area contributed by atoms with Gasteiger partial charge in [0.25, 0.3) is 5.69 Å². The first-order chi connectivity index (χ1) is 13.6. The third kappa shape index (κ3) is 4.34. The predicted octanol–water partition coefficient (Wildman–Crippen LogP) is 5.09. The predicted molar refractivity (Wildman–Crippen MR) is 109 cm³/mol. The molecular weight excluding hydrogens is 376 g/mol. The smallest absolute Gasteiger partial charge is 0.270 e. The Kier molecular flexibility index (Phi) is 5.99. The van der Waals surface area contributed by atoms with Gasteiger partial charge < -0.3 is 10.1 Å². The van der Waals surface area contributed by atoms with Crippen LogP contribution in [0.3, 0.4) is 0 Å². The quantitative estimate of drug-likeness (QED) is 0.341. The highest BCUT2D eigenvalue weighted by Gasteiger charge is 2.12. The number of nitrogens with zero attached hydrogens (tertiary/aromatic N) is 3. The standard InChI is InChI=1S/C20H16N4O3S/c1-2-27-19-9-4-3-8-17(19)22-12-15(11-21)20-23-18(13-28-20)14-6-5-7-16(10-14)24(25)26/h3-10,12-13,22H,2H2,1H3. The van der Waals surface area contributed by atoms with Crippen molar-refractivity contribution >= 4 is 28.3 Å². The van der Waals surface area contributed by atoms with Gasteiger partial charge in [-0.1, -0.05) is 24.3 Å². The van der Waals surface area contributed by atoms with Crippen molar-refractivity contribution in [2.75, 3.05) is 11.9 Å². The van der Waals surface area contributed by atoms with E-state index in [4.69, 9.17) is 4.74 Å². The van der Waals surface area contributed by atoms with Gasteiger partial charge in [0, 0.05) is 29.3 Å². The molecule has 1 N–H and O–H groups in total. The highest BCUT2D eigenvalue weighted by molar-refractivity contribution is 7.11. The second-order valence-corrected chi connectivity index (χ2v) is 6.45. The molecule has 2 aromatic carbocycles. The zero-order valence-corrected chi connectivity index (χ0v) is 15.8. The van der Waals surface area contributed by atoms with Crippen LogP contribution in [0.4, 0.5) is 11.4 Å². The Morgan fingerprint density at radius 3 is 2.93 bits per heavy atom. The van der Waals surface area contributed by atoms with E-state index in [2.05, 4.69) is 16.4 Å². The number of benzene rings is 2. The number of ether oxygens (including phenoxy) is 1. The number of anilines is 1. The summed E-state index contributed by atoms with van der Waals surface area (Å²) < 4.78 is 5.56. The number of para-hydroxylation sites is 2. The summed E-state index contributed by atoms with van der Waals surface area (Å²) >= 11 is 1.30. The molecule has 0 saturated heterocycles. The third-order valence-electron chi connectivity index (χ3n) is 3.77. The topological polar surface area (TPSA) is 101 Å². The van der Waals surface area contributed by atoms with Crippen LogP contribution < -0.4 is 10.1 Å². The molecule has 0 aliphatic heterocycles. The van der Waals surface area contributed by atoms with E-state index in [0.29, 0.717) is 34.2 Å². The molecule has 0 bridgehead atoms. The maximum atomic E-state index is 11.0. The first-order valence-electron chi connectivity index (χ1n) is 8.41. The number of allylic oxidation sites excluding steroid dienone is 1. The van der Waals surface area contributed by atoms with Crippen molar-refractivity contribution in [2.24, 2.45) is 0 Å². The zero-order valence-electron chi connectivity index (χ0n) is 15.0. The fraction of sp³-hybridized carbons (Fsp3) is 0.100. The van der Waals surface area contributed by atoms with Gasteiger partial charge in [0.1, 0.15) is 22.4 Å². The molecular formula is C20H16N4O3S. The molecule has 7 nitrogen and oxygen atoms in total. The fourth-order valence-electron chi connectivity index (χ4n) is 2.47. The lowest BCUT2D eigenvalue weighted by Gasteiger charge is -2.09. The van der Waals surface area contributed by atoms with Crippen LogP contribution in [-0.4, -0.2) is 16.5 Å². The van der Waals surface area contributed by atoms with Gasteiger partial charge >= 0.3 is 0 Å². The molecule has 0 saturated carbocycles. The molecule has 0 amide bonds. The highest BCUT2D eigenvalue weighted by Crippen LogP contribution is 2.29. The first-order valence-corrected chi connectivity index (χ1v) is 9.29. The molecule has 0 aliphatic carbocycles. The van der Waals surface area contributed by atoms with E-state index in [1.165, 1.54) is 23.5 Å². The minimum atomic E-state index is -0.447. The summed E-state index contributed by atoms with van der Waals surface area (Å²) in [6.45, 7) is 2.44. The van der Waals surface area contributed by atoms with Crippen LogP contribution in [0.25, 0.3) is 16.8 Å². The van der Waals surface area contributed by atoms with Crippen molar-refractivity contribution < 1.29 is 9.66 Å². The normalized spacial score (nSPS) is 10.9. The lowest BCUT2D eigenvalue weighted by atomic mass is 10.1. The van der Waals surface area contributed by atoms with Crippen molar-refractivity contribution in [2.45, 2.75) is 6.92 Å². The molecule has 3 rings (SSSR count). The number of rotatable bonds is 7. The van der Waals surface area contributed by atoms with Gasteiger partial charge in [-0.3, -0.25) is 10.1 Å². The van der Waals surface area contributed by atoms with Gasteiger partial charge in [0.05, 0.1) is 22.9 Å². The van der Waals surface area contributed by atoms with Crippen LogP contribution in [0.1, 0.15) is 11.9 Å². The summed E-state index contributed by atoms with van der Waals surface area (Å²) in [6.07, 6.45) is 1.58. The minimum Gasteiger partial charge on any atom is -0.492 e. The summed E-state index contributed by atoms with van der Waals surface area (Å²) in [5.74, 6) is 0.690. The van der Waals surface area contributed by atoms with Gasteiger partial charge in [0.15, 0.2) is 0 Å². The Labute approximate surface area is 165 Å². The van der Waals surface area contributed by atoms with E-state index in [1.807, 2.05) is 31.2 Å². The van der Waals surface area contributed by atoms with Crippen molar-refractivity contribution in [3.8, 4) is 23.1 Å². The number of nitrogens with one attached hydrogen (secondary N) is 1. The monoisotopic (exact) mass is 392 g/mol. The second kappa shape index (κ2) is 8.79. The number of nitriles is 1. The maximum Gasteiger partial charge on any atom is 0.270 e. The van der Waals surface area contributed by atoms with E-state index in [9.17, 15) is 15.4 Å². The Morgan fingerprint density at radius 1 is 1.36 bits per heavy atom. The number of thiazole rings is 1. The molecule has 8 heteroatoms. The summed E-state index contributed by atoms with van der Waals surface area (Å²) in [5, 5.41) is 25.8. The largest absolute Gasteiger partial charge is 0.492 e. The van der Waals surface area contributed by atoms with Crippen molar-refractivity contribution in [1.82, 2.24) is 4.98 Å². The Morgan fingerprint density at radius 2 is 2.18 bits per heavy atom. The van der Waals surface area contributed by atoms with Crippen molar-refractivity contribution in [3.63, 3.8) is 0 Å². The van der Waals surface area contributed by atoms with Crippen molar-refractivity contribution in [1.29, 1.82) is 5.26 Å². The number of non-ortho nitro benzene ring substituents is 1. The Hall–Kier alpha value is -3.70. The molecule has 0 unspecified atom stereocenters. The second-order valence-electron chi connectivity index (χ2n) is 5.59. The van der Waals surface area contributed by atoms with Gasteiger partial charge in [-0.25, -0.2) is 4.98 Å². The molecule has 140 valence electrons. The van der Waals surface area contributed by atoms with E-state index in [0.717, 1.165) is 5.69 Å². The van der Waals surface area contributed by atoms with Crippen LogP contribution in [-0.2, 0) is 0 Å². The summed E-state index contributed by atoms with van der Waals surface area (Å²) in [4.78, 5) is 15.0.